The number of nitrogens with zero attached hydrogens (tertiary/aromatic N) is 3. The molecule has 6 heteroatoms. The van der Waals surface area contributed by atoms with E-state index < -0.39 is 4.92 Å². The molecule has 0 unspecified atom stereocenters. The van der Waals surface area contributed by atoms with Crippen molar-refractivity contribution in [3.8, 4) is 0 Å². The number of pyridine rings is 1. The second-order valence-electron chi connectivity index (χ2n) is 2.63. The first-order chi connectivity index (χ1) is 6.11. The molecule has 13 heavy (non-hydrogen) atoms. The summed E-state index contributed by atoms with van der Waals surface area (Å²) in [5.74, 6) is 0.248. The van der Waals surface area contributed by atoms with Crippen molar-refractivity contribution >= 4 is 11.5 Å². The van der Waals surface area contributed by atoms with E-state index in [1.54, 1.807) is 19.1 Å². The Hall–Kier alpha value is -1.69. The zero-order valence-electron chi connectivity index (χ0n) is 7.39. The van der Waals surface area contributed by atoms with Crippen LogP contribution in [-0.2, 0) is 0 Å². The van der Waals surface area contributed by atoms with Crippen LogP contribution in [0.25, 0.3) is 0 Å². The third-order valence-corrected chi connectivity index (χ3v) is 1.31. The number of nitro groups is 1. The molecule has 0 atom stereocenters. The van der Waals surface area contributed by atoms with Crippen LogP contribution in [0.4, 0.5) is 11.5 Å². The van der Waals surface area contributed by atoms with E-state index in [1.165, 1.54) is 18.3 Å². The van der Waals surface area contributed by atoms with Crippen molar-refractivity contribution in [2.24, 2.45) is 0 Å². The third kappa shape index (κ3) is 2.38. The lowest BCUT2D eigenvalue weighted by molar-refractivity contribution is -0.384. The lowest BCUT2D eigenvalue weighted by Gasteiger charge is -2.11. The SMILES string of the molecule is CN(C)Nc1ncccc1[N+](=O)[O-]. The molecule has 0 aliphatic heterocycles. The molecule has 0 aliphatic carbocycles. The highest BCUT2D eigenvalue weighted by atomic mass is 16.6. The molecule has 0 saturated heterocycles. The van der Waals surface area contributed by atoms with Gasteiger partial charge >= 0.3 is 5.69 Å². The summed E-state index contributed by atoms with van der Waals surface area (Å²) < 4.78 is 0. The minimum Gasteiger partial charge on any atom is -0.298 e. The van der Waals surface area contributed by atoms with E-state index in [0.29, 0.717) is 0 Å². The van der Waals surface area contributed by atoms with Gasteiger partial charge in [-0.15, -0.1) is 0 Å². The zero-order valence-corrected chi connectivity index (χ0v) is 7.39. The summed E-state index contributed by atoms with van der Waals surface area (Å²) in [7, 11) is 3.47. The first kappa shape index (κ1) is 9.40. The molecule has 6 nitrogen and oxygen atoms in total. The van der Waals surface area contributed by atoms with E-state index in [1.807, 2.05) is 0 Å². The molecule has 1 aromatic heterocycles. The van der Waals surface area contributed by atoms with E-state index in [-0.39, 0.29) is 11.5 Å². The summed E-state index contributed by atoms with van der Waals surface area (Å²) in [6.45, 7) is 0. The number of hydrazine groups is 1. The summed E-state index contributed by atoms with van der Waals surface area (Å²) >= 11 is 0. The highest BCUT2D eigenvalue weighted by Gasteiger charge is 2.13. The molecule has 0 aliphatic rings. The quantitative estimate of drug-likeness (QED) is 0.555. The Kier molecular flexibility index (Phi) is 2.76. The van der Waals surface area contributed by atoms with Crippen molar-refractivity contribution in [1.29, 1.82) is 0 Å². The predicted molar refractivity (Wildman–Crippen MR) is 48.2 cm³/mol. The van der Waals surface area contributed by atoms with Crippen LogP contribution in [0.5, 0.6) is 0 Å². The molecule has 0 bridgehead atoms. The summed E-state index contributed by atoms with van der Waals surface area (Å²) in [4.78, 5) is 13.9. The van der Waals surface area contributed by atoms with Crippen LogP contribution in [0.1, 0.15) is 0 Å². The lowest BCUT2D eigenvalue weighted by Crippen LogP contribution is -2.21. The molecule has 0 amide bonds. The first-order valence-corrected chi connectivity index (χ1v) is 3.64. The van der Waals surface area contributed by atoms with Crippen molar-refractivity contribution in [3.05, 3.63) is 28.4 Å². The van der Waals surface area contributed by atoms with Gasteiger partial charge in [0, 0.05) is 26.4 Å². The van der Waals surface area contributed by atoms with Crippen LogP contribution in [0, 0.1) is 10.1 Å². The van der Waals surface area contributed by atoms with Crippen molar-refractivity contribution in [2.45, 2.75) is 0 Å². The number of rotatable bonds is 3. The van der Waals surface area contributed by atoms with Crippen molar-refractivity contribution < 1.29 is 4.92 Å². The van der Waals surface area contributed by atoms with Gasteiger partial charge < -0.3 is 0 Å². The standard InChI is InChI=1S/C7H10N4O2/c1-10(2)9-7-6(11(12)13)4-3-5-8-7/h3-5H,1-2H3,(H,8,9). The number of hydrogen-bond acceptors (Lipinski definition) is 5. The predicted octanol–water partition coefficient (Wildman–Crippen LogP) is 0.878. The Balaban J connectivity index is 2.98. The van der Waals surface area contributed by atoms with Crippen LogP contribution in [0.3, 0.4) is 0 Å². The van der Waals surface area contributed by atoms with Crippen LogP contribution < -0.4 is 5.43 Å². The molecule has 0 aromatic carbocycles. The summed E-state index contributed by atoms with van der Waals surface area (Å²) in [6.07, 6.45) is 1.50. The van der Waals surface area contributed by atoms with Crippen LogP contribution in [-0.4, -0.2) is 29.0 Å². The van der Waals surface area contributed by atoms with Crippen LogP contribution >= 0.6 is 0 Å². The highest BCUT2D eigenvalue weighted by molar-refractivity contribution is 5.54. The van der Waals surface area contributed by atoms with E-state index >= 15 is 0 Å². The van der Waals surface area contributed by atoms with Gasteiger partial charge in [0.2, 0.25) is 5.82 Å². The largest absolute Gasteiger partial charge is 0.312 e. The van der Waals surface area contributed by atoms with Crippen molar-refractivity contribution in [3.63, 3.8) is 0 Å². The Labute approximate surface area is 75.3 Å². The molecule has 0 spiro atoms. The van der Waals surface area contributed by atoms with Gasteiger partial charge in [0.1, 0.15) is 0 Å². The maximum Gasteiger partial charge on any atom is 0.312 e. The molecule has 1 aromatic rings. The lowest BCUT2D eigenvalue weighted by atomic mass is 10.4. The molecule has 0 saturated carbocycles. The molecule has 1 rings (SSSR count). The van der Waals surface area contributed by atoms with Crippen molar-refractivity contribution in [2.75, 3.05) is 19.5 Å². The highest BCUT2D eigenvalue weighted by Crippen LogP contribution is 2.19. The number of anilines is 1. The minimum absolute atomic E-state index is 0.0313. The van der Waals surface area contributed by atoms with Gasteiger partial charge in [0.25, 0.3) is 0 Å². The molecule has 1 N–H and O–H groups in total. The Bertz CT molecular complexity index is 313. The summed E-state index contributed by atoms with van der Waals surface area (Å²) in [5.41, 5.74) is 2.70. The van der Waals surface area contributed by atoms with E-state index in [9.17, 15) is 10.1 Å². The fourth-order valence-electron chi connectivity index (χ4n) is 0.842. The van der Waals surface area contributed by atoms with E-state index in [0.717, 1.165) is 0 Å². The molecular formula is C7H10N4O2. The first-order valence-electron chi connectivity index (χ1n) is 3.64. The average Bonchev–Trinajstić information content (AvgIpc) is 2.03. The monoisotopic (exact) mass is 182 g/mol. The number of aromatic nitrogens is 1. The van der Waals surface area contributed by atoms with Gasteiger partial charge in [-0.1, -0.05) is 0 Å². The summed E-state index contributed by atoms with van der Waals surface area (Å²) in [5, 5.41) is 12.1. The maximum absolute atomic E-state index is 10.5. The average molecular weight is 182 g/mol. The molecule has 0 radical (unpaired) electrons. The van der Waals surface area contributed by atoms with E-state index in [4.69, 9.17) is 0 Å². The van der Waals surface area contributed by atoms with Crippen molar-refractivity contribution in [1.82, 2.24) is 9.99 Å². The van der Waals surface area contributed by atoms with Gasteiger partial charge in [-0.3, -0.25) is 15.5 Å². The third-order valence-electron chi connectivity index (χ3n) is 1.31. The molecule has 1 heterocycles. The van der Waals surface area contributed by atoms with Gasteiger partial charge in [0.15, 0.2) is 0 Å². The summed E-state index contributed by atoms with van der Waals surface area (Å²) in [6, 6.07) is 2.93. The Morgan fingerprint density at radius 2 is 2.31 bits per heavy atom. The molecule has 70 valence electrons. The fraction of sp³-hybridized carbons (Fsp3) is 0.286. The fourth-order valence-corrected chi connectivity index (χ4v) is 0.842. The van der Waals surface area contributed by atoms with Gasteiger partial charge in [-0.25, -0.2) is 9.99 Å². The van der Waals surface area contributed by atoms with Gasteiger partial charge in [-0.05, 0) is 6.07 Å². The van der Waals surface area contributed by atoms with Gasteiger partial charge in [0.05, 0.1) is 4.92 Å². The number of hydrogen-bond donors (Lipinski definition) is 1. The van der Waals surface area contributed by atoms with Crippen LogP contribution in [0.15, 0.2) is 18.3 Å². The van der Waals surface area contributed by atoms with Crippen LogP contribution in [0.2, 0.25) is 0 Å². The smallest absolute Gasteiger partial charge is 0.298 e. The second kappa shape index (κ2) is 3.81. The van der Waals surface area contributed by atoms with Gasteiger partial charge in [-0.2, -0.15) is 0 Å². The topological polar surface area (TPSA) is 71.3 Å². The molecule has 0 fully saturated rings. The maximum atomic E-state index is 10.5. The Morgan fingerprint density at radius 3 is 2.85 bits per heavy atom. The minimum atomic E-state index is -0.473. The normalized spacial score (nSPS) is 10.1. The second-order valence-corrected chi connectivity index (χ2v) is 2.63. The molecular weight excluding hydrogens is 172 g/mol. The number of nitrogens with one attached hydrogen (secondary N) is 1. The van der Waals surface area contributed by atoms with E-state index in [2.05, 4.69) is 10.4 Å². The zero-order chi connectivity index (χ0) is 9.84. The Morgan fingerprint density at radius 1 is 1.62 bits per heavy atom.